The first-order chi connectivity index (χ1) is 16.7. The highest BCUT2D eigenvalue weighted by atomic mass is 16.5. The van der Waals surface area contributed by atoms with Crippen LogP contribution >= 0.6 is 0 Å². The molecule has 3 aliphatic carbocycles. The highest BCUT2D eigenvalue weighted by molar-refractivity contribution is 5.71. The number of carbonyl (C=O) groups is 2. The summed E-state index contributed by atoms with van der Waals surface area (Å²) in [7, 11) is 1.44. The summed E-state index contributed by atoms with van der Waals surface area (Å²) < 4.78 is 4.97. The van der Waals surface area contributed by atoms with Crippen LogP contribution in [0.3, 0.4) is 0 Å². The molecule has 1 saturated carbocycles. The summed E-state index contributed by atoms with van der Waals surface area (Å²) in [5.41, 5.74) is 4.06. The Morgan fingerprint density at radius 3 is 2.39 bits per heavy atom. The van der Waals surface area contributed by atoms with Gasteiger partial charge in [0.25, 0.3) is 0 Å². The van der Waals surface area contributed by atoms with Gasteiger partial charge in [0.05, 0.1) is 19.1 Å². The number of hydrogen-bond donors (Lipinski definition) is 2. The van der Waals surface area contributed by atoms with Gasteiger partial charge in [-0.3, -0.25) is 9.59 Å². The van der Waals surface area contributed by atoms with Crippen LogP contribution in [-0.4, -0.2) is 35.4 Å². The molecule has 3 aliphatic rings. The Balaban J connectivity index is 2.06. The Hall–Kier alpha value is -1.88. The van der Waals surface area contributed by atoms with Crippen molar-refractivity contribution in [2.45, 2.75) is 105 Å². The second-order valence-electron chi connectivity index (χ2n) is 12.7. The Morgan fingerprint density at radius 2 is 1.83 bits per heavy atom. The molecule has 0 saturated heterocycles. The van der Waals surface area contributed by atoms with Gasteiger partial charge in [-0.2, -0.15) is 0 Å². The number of aliphatic carboxylic acids is 1. The molecule has 0 aromatic carbocycles. The fourth-order valence-corrected chi connectivity index (χ4v) is 8.44. The second kappa shape index (κ2) is 10.5. The first-order valence-electron chi connectivity index (χ1n) is 13.7. The van der Waals surface area contributed by atoms with E-state index in [0.717, 1.165) is 37.7 Å². The number of hydrogen-bond acceptors (Lipinski definition) is 4. The molecule has 5 nitrogen and oxygen atoms in total. The van der Waals surface area contributed by atoms with E-state index in [4.69, 9.17) is 4.74 Å². The number of carboxylic acid groups (broad SMARTS) is 1. The van der Waals surface area contributed by atoms with E-state index in [2.05, 4.69) is 40.3 Å². The first kappa shape index (κ1) is 28.7. The molecule has 0 aromatic rings. The van der Waals surface area contributed by atoms with E-state index in [9.17, 15) is 19.8 Å². The van der Waals surface area contributed by atoms with Crippen molar-refractivity contribution >= 4 is 11.9 Å². The topological polar surface area (TPSA) is 83.8 Å². The number of aliphatic hydroxyl groups excluding tert-OH is 1. The van der Waals surface area contributed by atoms with Crippen LogP contribution in [0.2, 0.25) is 0 Å². The van der Waals surface area contributed by atoms with Gasteiger partial charge in [0.15, 0.2) is 0 Å². The lowest BCUT2D eigenvalue weighted by Gasteiger charge is -2.58. The number of aliphatic hydroxyl groups is 1. The van der Waals surface area contributed by atoms with E-state index in [0.29, 0.717) is 25.7 Å². The van der Waals surface area contributed by atoms with Crippen LogP contribution in [0, 0.1) is 34.0 Å². The molecule has 0 aliphatic heterocycles. The molecular weight excluding hydrogens is 452 g/mol. The Kier molecular flexibility index (Phi) is 8.35. The average Bonchev–Trinajstić information content (AvgIpc) is 3.01. The van der Waals surface area contributed by atoms with E-state index < -0.39 is 23.4 Å². The third-order valence-electron chi connectivity index (χ3n) is 10.7. The molecule has 7 atom stereocenters. The molecule has 0 spiro atoms. The molecule has 0 radical (unpaired) electrons. The van der Waals surface area contributed by atoms with Gasteiger partial charge in [-0.05, 0) is 94.8 Å². The molecular formula is C31H48O5. The van der Waals surface area contributed by atoms with Gasteiger partial charge >= 0.3 is 11.9 Å². The first-order valence-corrected chi connectivity index (χ1v) is 13.7. The summed E-state index contributed by atoms with van der Waals surface area (Å²) in [6.45, 7) is 17.2. The number of rotatable bonds is 9. The van der Waals surface area contributed by atoms with E-state index in [-0.39, 0.29) is 28.6 Å². The molecule has 0 aromatic heterocycles. The number of carbonyl (C=O) groups excluding carboxylic acids is 1. The zero-order valence-corrected chi connectivity index (χ0v) is 23.6. The molecule has 0 bridgehead atoms. The fourth-order valence-electron chi connectivity index (χ4n) is 8.44. The van der Waals surface area contributed by atoms with Crippen molar-refractivity contribution in [2.75, 3.05) is 7.11 Å². The summed E-state index contributed by atoms with van der Waals surface area (Å²) in [4.78, 5) is 24.6. The largest absolute Gasteiger partial charge is 0.481 e. The molecule has 202 valence electrons. The zero-order chi connectivity index (χ0) is 27.1. The van der Waals surface area contributed by atoms with Crippen LogP contribution in [0.1, 0.15) is 99.3 Å². The van der Waals surface area contributed by atoms with Crippen LogP contribution in [0.5, 0.6) is 0 Å². The van der Waals surface area contributed by atoms with Crippen LogP contribution in [0.15, 0.2) is 34.9 Å². The van der Waals surface area contributed by atoms with E-state index >= 15 is 0 Å². The Bertz CT molecular complexity index is 956. The highest BCUT2D eigenvalue weighted by Crippen LogP contribution is 2.71. The molecule has 0 heterocycles. The van der Waals surface area contributed by atoms with Crippen LogP contribution in [0.4, 0.5) is 0 Å². The number of methoxy groups -OCH3 is 1. The monoisotopic (exact) mass is 500 g/mol. The number of esters is 1. The van der Waals surface area contributed by atoms with E-state index in [1.165, 1.54) is 23.8 Å². The molecule has 1 fully saturated rings. The van der Waals surface area contributed by atoms with E-state index in [1.807, 2.05) is 13.8 Å². The molecule has 7 unspecified atom stereocenters. The van der Waals surface area contributed by atoms with Gasteiger partial charge in [0.2, 0.25) is 0 Å². The van der Waals surface area contributed by atoms with Crippen molar-refractivity contribution in [2.24, 2.45) is 34.0 Å². The number of allylic oxidation sites excluding steroid dienone is 4. The van der Waals surface area contributed by atoms with Gasteiger partial charge in [-0.25, -0.2) is 0 Å². The van der Waals surface area contributed by atoms with Crippen LogP contribution in [0.25, 0.3) is 0 Å². The number of fused-ring (bicyclic) bond motifs is 2. The molecule has 0 amide bonds. The fraction of sp³-hybridized carbons (Fsp3) is 0.742. The van der Waals surface area contributed by atoms with Crippen molar-refractivity contribution in [3.8, 4) is 0 Å². The van der Waals surface area contributed by atoms with Gasteiger partial charge < -0.3 is 14.9 Å². The SMILES string of the molecule is C=C(C)C1CCC2=C(CCC3(C)C(C(CCC=C(C)C)C(=O)O)CC(O)C23C)C1(C)CCC(=O)OC. The summed E-state index contributed by atoms with van der Waals surface area (Å²) >= 11 is 0. The Labute approximate surface area is 218 Å². The number of ether oxygens (including phenoxy) is 1. The quantitative estimate of drug-likeness (QED) is 0.267. The molecule has 5 heteroatoms. The minimum atomic E-state index is -0.742. The van der Waals surface area contributed by atoms with Crippen LogP contribution in [-0.2, 0) is 14.3 Å². The van der Waals surface area contributed by atoms with E-state index in [1.54, 1.807) is 0 Å². The third-order valence-corrected chi connectivity index (χ3v) is 10.7. The van der Waals surface area contributed by atoms with Gasteiger partial charge in [-0.15, -0.1) is 0 Å². The standard InChI is InChI=1S/C31H48O5/c1-19(2)10-9-11-21(28(34)35)25-18-26(32)31(7)24-13-12-22(20(3)4)29(5,16-15-27(33)36-8)23(24)14-17-30(25,31)6/h10,21-22,25-26,32H,3,9,11-18H2,1-2,4-8H3,(H,34,35). The van der Waals surface area contributed by atoms with Crippen molar-refractivity contribution in [3.63, 3.8) is 0 Å². The van der Waals surface area contributed by atoms with Gasteiger partial charge in [0.1, 0.15) is 0 Å². The molecule has 3 rings (SSSR count). The molecule has 2 N–H and O–H groups in total. The van der Waals surface area contributed by atoms with Crippen molar-refractivity contribution in [1.29, 1.82) is 0 Å². The van der Waals surface area contributed by atoms with Crippen molar-refractivity contribution in [1.82, 2.24) is 0 Å². The van der Waals surface area contributed by atoms with Crippen molar-refractivity contribution in [3.05, 3.63) is 34.9 Å². The maximum absolute atomic E-state index is 12.5. The average molecular weight is 501 g/mol. The lowest BCUT2D eigenvalue weighted by molar-refractivity contribution is -0.146. The van der Waals surface area contributed by atoms with Crippen LogP contribution < -0.4 is 0 Å². The zero-order valence-electron chi connectivity index (χ0n) is 23.6. The maximum Gasteiger partial charge on any atom is 0.306 e. The van der Waals surface area contributed by atoms with Gasteiger partial charge in [-0.1, -0.05) is 55.7 Å². The number of carboxylic acids is 1. The van der Waals surface area contributed by atoms with Crippen molar-refractivity contribution < 1.29 is 24.5 Å². The summed E-state index contributed by atoms with van der Waals surface area (Å²) in [6.07, 6.45) is 8.05. The lowest BCUT2D eigenvalue weighted by Crippen LogP contribution is -2.51. The summed E-state index contributed by atoms with van der Waals surface area (Å²) in [5.74, 6) is -1.21. The summed E-state index contributed by atoms with van der Waals surface area (Å²) in [5, 5.41) is 21.9. The lowest BCUT2D eigenvalue weighted by atomic mass is 9.46. The maximum atomic E-state index is 12.5. The van der Waals surface area contributed by atoms with Gasteiger partial charge in [0, 0.05) is 11.8 Å². The highest BCUT2D eigenvalue weighted by Gasteiger charge is 2.66. The predicted molar refractivity (Wildman–Crippen MR) is 143 cm³/mol. The minimum absolute atomic E-state index is 0.0743. The predicted octanol–water partition coefficient (Wildman–Crippen LogP) is 6.86. The summed E-state index contributed by atoms with van der Waals surface area (Å²) in [6, 6.07) is 0. The smallest absolute Gasteiger partial charge is 0.306 e. The third kappa shape index (κ3) is 4.61. The molecule has 36 heavy (non-hydrogen) atoms. The minimum Gasteiger partial charge on any atom is -0.481 e. The second-order valence-corrected chi connectivity index (χ2v) is 12.7. The Morgan fingerprint density at radius 1 is 1.17 bits per heavy atom. The normalized spacial score (nSPS) is 36.5.